The molecule has 0 aromatic heterocycles. The van der Waals surface area contributed by atoms with Gasteiger partial charge < -0.3 is 0 Å². The van der Waals surface area contributed by atoms with Crippen molar-refractivity contribution in [1.29, 1.82) is 0 Å². The van der Waals surface area contributed by atoms with Crippen molar-refractivity contribution < 1.29 is 34.6 Å². The lowest BCUT2D eigenvalue weighted by molar-refractivity contribution is -0.184. The molecule has 0 radical (unpaired) electrons. The Hall–Kier alpha value is -0.440. The first-order valence-electron chi connectivity index (χ1n) is 2.91. The van der Waals surface area contributed by atoms with Crippen LogP contribution in [0, 0.1) is 0 Å². The minimum Gasteiger partial charge on any atom is -0.193 e. The van der Waals surface area contributed by atoms with Gasteiger partial charge in [0.15, 0.2) is 0 Å². The maximum absolute atomic E-state index is 12.1. The minimum atomic E-state index is -6.22. The van der Waals surface area contributed by atoms with Crippen molar-refractivity contribution in [2.24, 2.45) is 0 Å². The largest absolute Gasteiger partial charge is 0.523 e. The van der Waals surface area contributed by atoms with Crippen LogP contribution in [0.25, 0.3) is 0 Å². The average Bonchev–Trinajstić information content (AvgIpc) is 1.83. The third kappa shape index (κ3) is 3.43. The standard InChI is InChI=1S/C4H5F5O3S/c1-2-3(5,6)12-13(10,11)4(7,8)9/h2H2,1H3. The fourth-order valence-corrected chi connectivity index (χ4v) is 0.800. The molecule has 0 amide bonds. The number of hydrogen-bond acceptors (Lipinski definition) is 3. The highest BCUT2D eigenvalue weighted by Gasteiger charge is 2.52. The van der Waals surface area contributed by atoms with Crippen LogP contribution >= 0.6 is 0 Å². The van der Waals surface area contributed by atoms with E-state index in [9.17, 15) is 30.4 Å². The summed E-state index contributed by atoms with van der Waals surface area (Å²) in [4.78, 5) is 0. The molecule has 0 N–H and O–H groups in total. The van der Waals surface area contributed by atoms with Crippen LogP contribution < -0.4 is 0 Å². The van der Waals surface area contributed by atoms with Gasteiger partial charge >= 0.3 is 21.7 Å². The second-order valence-corrected chi connectivity index (χ2v) is 3.51. The van der Waals surface area contributed by atoms with Crippen LogP contribution in [0.2, 0.25) is 0 Å². The predicted molar refractivity (Wildman–Crippen MR) is 31.3 cm³/mol. The first-order chi connectivity index (χ1) is 5.52. The zero-order valence-corrected chi connectivity index (χ0v) is 7.05. The van der Waals surface area contributed by atoms with Crippen molar-refractivity contribution in [2.45, 2.75) is 25.0 Å². The monoisotopic (exact) mass is 228 g/mol. The maximum atomic E-state index is 12.1. The van der Waals surface area contributed by atoms with E-state index in [1.165, 1.54) is 0 Å². The van der Waals surface area contributed by atoms with Gasteiger partial charge in [-0.1, -0.05) is 6.92 Å². The van der Waals surface area contributed by atoms with Gasteiger partial charge in [0.1, 0.15) is 0 Å². The molecule has 9 heteroatoms. The molecular weight excluding hydrogens is 223 g/mol. The van der Waals surface area contributed by atoms with Crippen LogP contribution in [0.5, 0.6) is 0 Å². The van der Waals surface area contributed by atoms with Gasteiger partial charge in [0.2, 0.25) is 0 Å². The summed E-state index contributed by atoms with van der Waals surface area (Å²) in [5.41, 5.74) is -5.83. The second kappa shape index (κ2) is 3.37. The molecule has 0 spiro atoms. The van der Waals surface area contributed by atoms with Gasteiger partial charge in [-0.25, -0.2) is 0 Å². The van der Waals surface area contributed by atoms with E-state index >= 15 is 0 Å². The highest BCUT2D eigenvalue weighted by molar-refractivity contribution is 7.87. The quantitative estimate of drug-likeness (QED) is 0.420. The van der Waals surface area contributed by atoms with Gasteiger partial charge in [-0.3, -0.25) is 0 Å². The van der Waals surface area contributed by atoms with Gasteiger partial charge in [0.25, 0.3) is 0 Å². The van der Waals surface area contributed by atoms with E-state index in [4.69, 9.17) is 0 Å². The van der Waals surface area contributed by atoms with Crippen LogP contribution in [0.4, 0.5) is 22.0 Å². The van der Waals surface area contributed by atoms with E-state index < -0.39 is 28.2 Å². The molecule has 0 rings (SSSR count). The fraction of sp³-hybridized carbons (Fsp3) is 1.00. The van der Waals surface area contributed by atoms with E-state index in [2.05, 4.69) is 4.18 Å². The van der Waals surface area contributed by atoms with Crippen molar-refractivity contribution in [2.75, 3.05) is 0 Å². The zero-order valence-electron chi connectivity index (χ0n) is 6.23. The van der Waals surface area contributed by atoms with E-state index in [-0.39, 0.29) is 0 Å². The summed E-state index contributed by atoms with van der Waals surface area (Å²) in [5.74, 6) is 0. The van der Waals surface area contributed by atoms with E-state index in [0.717, 1.165) is 6.92 Å². The number of hydrogen-bond donors (Lipinski definition) is 0. The van der Waals surface area contributed by atoms with Crippen LogP contribution in [0.3, 0.4) is 0 Å². The van der Waals surface area contributed by atoms with Crippen LogP contribution in [-0.4, -0.2) is 20.0 Å². The molecule has 0 aliphatic carbocycles. The van der Waals surface area contributed by atoms with Gasteiger partial charge in [0.05, 0.1) is 0 Å². The third-order valence-electron chi connectivity index (χ3n) is 0.927. The van der Waals surface area contributed by atoms with Crippen molar-refractivity contribution in [1.82, 2.24) is 0 Å². The summed E-state index contributed by atoms with van der Waals surface area (Å²) >= 11 is 0. The van der Waals surface area contributed by atoms with Crippen LogP contribution in [0.15, 0.2) is 0 Å². The van der Waals surface area contributed by atoms with Crippen molar-refractivity contribution in [3.05, 3.63) is 0 Å². The molecule has 0 unspecified atom stereocenters. The molecule has 3 nitrogen and oxygen atoms in total. The van der Waals surface area contributed by atoms with Crippen LogP contribution in [-0.2, 0) is 14.3 Å². The summed E-state index contributed by atoms with van der Waals surface area (Å²) in [7, 11) is -6.22. The highest BCUT2D eigenvalue weighted by atomic mass is 32.2. The Labute approximate surface area is 70.6 Å². The van der Waals surface area contributed by atoms with Crippen molar-refractivity contribution >= 4 is 10.1 Å². The van der Waals surface area contributed by atoms with Gasteiger partial charge in [-0.05, 0) is 0 Å². The molecule has 0 aromatic rings. The van der Waals surface area contributed by atoms with E-state index in [1.807, 2.05) is 0 Å². The average molecular weight is 228 g/mol. The maximum Gasteiger partial charge on any atom is 0.523 e. The molecule has 0 atom stereocenters. The van der Waals surface area contributed by atoms with Crippen molar-refractivity contribution in [3.8, 4) is 0 Å². The summed E-state index contributed by atoms with van der Waals surface area (Å²) in [6.45, 7) is 0.784. The number of alkyl halides is 5. The lowest BCUT2D eigenvalue weighted by atomic mass is 10.5. The molecule has 0 saturated carbocycles. The van der Waals surface area contributed by atoms with Gasteiger partial charge in [-0.2, -0.15) is 34.6 Å². The Morgan fingerprint density at radius 1 is 1.15 bits per heavy atom. The molecule has 13 heavy (non-hydrogen) atoms. The lowest BCUT2D eigenvalue weighted by Crippen LogP contribution is -2.33. The summed E-state index contributed by atoms with van der Waals surface area (Å²) in [6.07, 6.45) is -5.49. The second-order valence-electron chi connectivity index (χ2n) is 1.97. The Morgan fingerprint density at radius 2 is 1.54 bits per heavy atom. The fourth-order valence-electron chi connectivity index (χ4n) is 0.267. The van der Waals surface area contributed by atoms with Gasteiger partial charge in [-0.15, -0.1) is 0 Å². The summed E-state index contributed by atoms with van der Waals surface area (Å²) in [6, 6.07) is 0. The Kier molecular flexibility index (Phi) is 3.26. The smallest absolute Gasteiger partial charge is 0.193 e. The molecule has 0 heterocycles. The number of halogens is 5. The zero-order chi connectivity index (χ0) is 10.9. The van der Waals surface area contributed by atoms with Gasteiger partial charge in [0, 0.05) is 6.42 Å². The molecule has 80 valence electrons. The first-order valence-corrected chi connectivity index (χ1v) is 4.32. The molecular formula is C4H5F5O3S. The summed E-state index contributed by atoms with van der Waals surface area (Å²) in [5, 5.41) is 0. The van der Waals surface area contributed by atoms with E-state index in [0.29, 0.717) is 0 Å². The van der Waals surface area contributed by atoms with Crippen molar-refractivity contribution in [3.63, 3.8) is 0 Å². The topological polar surface area (TPSA) is 43.4 Å². The normalized spacial score (nSPS) is 14.6. The highest BCUT2D eigenvalue weighted by Crippen LogP contribution is 2.31. The predicted octanol–water partition coefficient (Wildman–Crippen LogP) is 1.86. The Balaban J connectivity index is 4.74. The molecule has 0 saturated heterocycles. The minimum absolute atomic E-state index is 0.784. The third-order valence-corrected chi connectivity index (χ3v) is 1.96. The molecule has 0 bridgehead atoms. The lowest BCUT2D eigenvalue weighted by Gasteiger charge is -2.15. The summed E-state index contributed by atoms with van der Waals surface area (Å²) < 4.78 is 81.2. The Morgan fingerprint density at radius 3 is 1.77 bits per heavy atom. The molecule has 0 aliphatic rings. The molecule has 0 aliphatic heterocycles. The SMILES string of the molecule is CCC(F)(F)OS(=O)(=O)C(F)(F)F. The Bertz CT molecular complexity index is 266. The number of rotatable bonds is 3. The first kappa shape index (κ1) is 12.6. The van der Waals surface area contributed by atoms with Crippen LogP contribution in [0.1, 0.15) is 13.3 Å². The van der Waals surface area contributed by atoms with E-state index in [1.54, 1.807) is 0 Å². The molecule has 0 aromatic carbocycles. The molecule has 0 fully saturated rings.